The van der Waals surface area contributed by atoms with E-state index in [1.165, 1.54) is 0 Å². The average molecular weight is 557 g/mol. The van der Waals surface area contributed by atoms with Gasteiger partial charge in [0.1, 0.15) is 13.3 Å². The molecule has 0 fully saturated rings. The second kappa shape index (κ2) is 16.0. The van der Waals surface area contributed by atoms with Crippen LogP contribution in [0.25, 0.3) is 0 Å². The highest BCUT2D eigenvalue weighted by Gasteiger charge is 2.18. The third-order valence-electron chi connectivity index (χ3n) is 4.73. The van der Waals surface area contributed by atoms with Crippen LogP contribution in [0.2, 0.25) is 0 Å². The molecule has 0 saturated heterocycles. The Morgan fingerprint density at radius 3 is 1.36 bits per heavy atom. The molecule has 1 aromatic heterocycles. The second-order valence-electron chi connectivity index (χ2n) is 7.62. The van der Waals surface area contributed by atoms with Crippen LogP contribution in [-0.2, 0) is 27.9 Å². The summed E-state index contributed by atoms with van der Waals surface area (Å²) in [6, 6.07) is 0. The molecule has 0 aromatic carbocycles. The van der Waals surface area contributed by atoms with Crippen molar-refractivity contribution >= 4 is 35.4 Å². The van der Waals surface area contributed by atoms with Crippen molar-refractivity contribution in [1.29, 1.82) is 0 Å². The van der Waals surface area contributed by atoms with Crippen molar-refractivity contribution in [2.45, 2.75) is 74.1 Å². The summed E-state index contributed by atoms with van der Waals surface area (Å²) in [6.45, 7) is 8.57. The van der Waals surface area contributed by atoms with Gasteiger partial charge in [-0.15, -0.1) is 4.68 Å². The second-order valence-corrected chi connectivity index (χ2v) is 7.62. The lowest BCUT2D eigenvalue weighted by Crippen LogP contribution is -2.61. The third kappa shape index (κ3) is 10.5. The zero-order valence-electron chi connectivity index (χ0n) is 22.4. The van der Waals surface area contributed by atoms with Gasteiger partial charge in [0, 0.05) is 0 Å². The number of hydrazine groups is 1. The van der Waals surface area contributed by atoms with E-state index in [0.29, 0.717) is 45.5 Å². The molecule has 1 heterocycles. The number of aromatic nitrogens is 3. The molecule has 4 N–H and O–H groups in total. The number of nitrogens with zero attached hydrogens (tertiary/aromatic N) is 6. The summed E-state index contributed by atoms with van der Waals surface area (Å²) in [6.07, 6.45) is -1.91. The van der Waals surface area contributed by atoms with Gasteiger partial charge in [0.05, 0.1) is 17.1 Å². The van der Waals surface area contributed by atoms with E-state index in [2.05, 4.69) is 40.6 Å². The number of carbonyl (C=O) groups is 3. The lowest BCUT2D eigenvalue weighted by atomic mass is 10.3. The molecule has 3 amide bonds. The minimum atomic E-state index is -1.31. The van der Waals surface area contributed by atoms with Crippen LogP contribution in [0, 0.1) is 0 Å². The molecule has 0 unspecified atom stereocenters. The summed E-state index contributed by atoms with van der Waals surface area (Å²) in [7, 11) is 0. The molecular formula is C20H32N10O9. The van der Waals surface area contributed by atoms with E-state index >= 15 is 0 Å². The Balaban J connectivity index is 3.28. The maximum atomic E-state index is 12.9. The molecule has 1 aromatic rings. The van der Waals surface area contributed by atoms with Crippen molar-refractivity contribution in [3.05, 3.63) is 31.5 Å². The van der Waals surface area contributed by atoms with Crippen molar-refractivity contribution in [3.8, 4) is 0 Å². The highest BCUT2D eigenvalue weighted by atomic mass is 16.7. The van der Waals surface area contributed by atoms with E-state index in [9.17, 15) is 28.8 Å². The SMILES string of the molecule is CCC(C)=NOC(=O)NCn1c(=O)n(CNC(=O)O/N=C(/C)CC)c(=O)n(NNC(=O)ON=C(C)CC)c1=O. The van der Waals surface area contributed by atoms with Crippen LogP contribution in [0.5, 0.6) is 0 Å². The standard InChI is InChI=1S/C20H32N10O9/c1-7-12(4)24-37-15(31)21-10-28-18(34)29(11-22-16(32)38-25-13(5)8-2)20(36)30(19(28)35)27-23-17(33)39-26-14(6)9-3/h27H,7-11H2,1-6H3,(H,21,31)(H,22,32)(H,23,33)/b24-12-,25-13?,26-14?. The van der Waals surface area contributed by atoms with Crippen molar-refractivity contribution in [1.82, 2.24) is 29.9 Å². The van der Waals surface area contributed by atoms with Gasteiger partial charge >= 0.3 is 35.3 Å². The fourth-order valence-electron chi connectivity index (χ4n) is 2.03. The molecule has 0 aliphatic rings. The Morgan fingerprint density at radius 2 is 1.00 bits per heavy atom. The van der Waals surface area contributed by atoms with E-state index in [4.69, 9.17) is 0 Å². The summed E-state index contributed by atoms with van der Waals surface area (Å²) in [5, 5.41) is 14.8. The van der Waals surface area contributed by atoms with Crippen LogP contribution in [0.3, 0.4) is 0 Å². The first kappa shape index (κ1) is 32.1. The Labute approximate surface area is 221 Å². The van der Waals surface area contributed by atoms with E-state index in [0.717, 1.165) is 0 Å². The van der Waals surface area contributed by atoms with Gasteiger partial charge in [0.25, 0.3) is 0 Å². The molecule has 39 heavy (non-hydrogen) atoms. The molecule has 0 bridgehead atoms. The lowest BCUT2D eigenvalue weighted by molar-refractivity contribution is 0.146. The maximum Gasteiger partial charge on any atom is 0.453 e. The molecular weight excluding hydrogens is 524 g/mol. The molecule has 0 atom stereocenters. The molecule has 0 radical (unpaired) electrons. The fourth-order valence-corrected chi connectivity index (χ4v) is 2.03. The summed E-state index contributed by atoms with van der Waals surface area (Å²) >= 11 is 0. The van der Waals surface area contributed by atoms with E-state index in [1.807, 2.05) is 11.0 Å². The summed E-state index contributed by atoms with van der Waals surface area (Å²) in [5.41, 5.74) is 1.49. The molecule has 1 rings (SSSR count). The van der Waals surface area contributed by atoms with Crippen LogP contribution < -0.4 is 38.7 Å². The predicted octanol–water partition coefficient (Wildman–Crippen LogP) is 0.0815. The monoisotopic (exact) mass is 556 g/mol. The van der Waals surface area contributed by atoms with Crippen molar-refractivity contribution < 1.29 is 28.9 Å². The quantitative estimate of drug-likeness (QED) is 0.154. The van der Waals surface area contributed by atoms with Gasteiger partial charge in [-0.2, -0.15) is 0 Å². The maximum absolute atomic E-state index is 12.9. The molecule has 0 aliphatic carbocycles. The van der Waals surface area contributed by atoms with Gasteiger partial charge < -0.3 is 10.6 Å². The van der Waals surface area contributed by atoms with Crippen molar-refractivity contribution in [2.24, 2.45) is 15.5 Å². The molecule has 19 heteroatoms. The first-order valence-corrected chi connectivity index (χ1v) is 11.6. The zero-order chi connectivity index (χ0) is 29.5. The first-order chi connectivity index (χ1) is 18.4. The summed E-state index contributed by atoms with van der Waals surface area (Å²) in [4.78, 5) is 88.0. The number of amides is 3. The van der Waals surface area contributed by atoms with Crippen LogP contribution in [0.1, 0.15) is 60.8 Å². The molecule has 0 spiro atoms. The van der Waals surface area contributed by atoms with Gasteiger partial charge in [-0.25, -0.2) is 48.9 Å². The lowest BCUT2D eigenvalue weighted by Gasteiger charge is -2.15. The smallest absolute Gasteiger partial charge is 0.301 e. The Kier molecular flexibility index (Phi) is 13.1. The molecule has 0 aliphatic heterocycles. The topological polar surface area (TPSA) is 230 Å². The first-order valence-electron chi connectivity index (χ1n) is 11.6. The number of hydrogen-bond donors (Lipinski definition) is 4. The van der Waals surface area contributed by atoms with Crippen LogP contribution in [0.15, 0.2) is 29.9 Å². The highest BCUT2D eigenvalue weighted by molar-refractivity contribution is 5.82. The Morgan fingerprint density at radius 1 is 0.641 bits per heavy atom. The number of hydrogen-bond acceptors (Lipinski definition) is 13. The van der Waals surface area contributed by atoms with Gasteiger partial charge in [-0.1, -0.05) is 36.2 Å². The summed E-state index contributed by atoms with van der Waals surface area (Å²) in [5.74, 6) is 0. The highest BCUT2D eigenvalue weighted by Crippen LogP contribution is 1.89. The zero-order valence-corrected chi connectivity index (χ0v) is 22.4. The largest absolute Gasteiger partial charge is 0.453 e. The molecule has 216 valence electrons. The van der Waals surface area contributed by atoms with Gasteiger partial charge in [0.2, 0.25) is 0 Å². The number of nitrogens with one attached hydrogen (secondary N) is 4. The number of oxime groups is 3. The minimum Gasteiger partial charge on any atom is -0.301 e. The Bertz CT molecular complexity index is 1120. The fraction of sp³-hybridized carbons (Fsp3) is 0.550. The van der Waals surface area contributed by atoms with Gasteiger partial charge in [-0.3, -0.25) is 14.5 Å². The third-order valence-corrected chi connectivity index (χ3v) is 4.73. The van der Waals surface area contributed by atoms with Gasteiger partial charge in [-0.05, 0) is 40.0 Å². The number of rotatable bonds is 12. The predicted molar refractivity (Wildman–Crippen MR) is 138 cm³/mol. The van der Waals surface area contributed by atoms with E-state index in [-0.39, 0.29) is 4.68 Å². The number of carbonyl (C=O) groups excluding carboxylic acids is 3. The molecule has 19 nitrogen and oxygen atoms in total. The van der Waals surface area contributed by atoms with Crippen LogP contribution in [-0.4, -0.2) is 49.2 Å². The summed E-state index contributed by atoms with van der Waals surface area (Å²) < 4.78 is 0.994. The average Bonchev–Trinajstić information content (AvgIpc) is 2.92. The van der Waals surface area contributed by atoms with Crippen LogP contribution >= 0.6 is 0 Å². The normalized spacial score (nSPS) is 11.9. The minimum absolute atomic E-state index is 0.206. The van der Waals surface area contributed by atoms with E-state index in [1.54, 1.807) is 41.5 Å². The molecule has 0 saturated carbocycles. The van der Waals surface area contributed by atoms with Crippen molar-refractivity contribution in [2.75, 3.05) is 5.53 Å². The van der Waals surface area contributed by atoms with Gasteiger partial charge in [0.15, 0.2) is 0 Å². The van der Waals surface area contributed by atoms with E-state index < -0.39 is 48.7 Å². The van der Waals surface area contributed by atoms with Crippen molar-refractivity contribution in [3.63, 3.8) is 0 Å². The van der Waals surface area contributed by atoms with Crippen LogP contribution in [0.4, 0.5) is 14.4 Å². The Hall–Kier alpha value is -4.97.